The molecule has 0 spiro atoms. The van der Waals surface area contributed by atoms with Crippen molar-refractivity contribution in [3.63, 3.8) is 0 Å². The molecule has 1 aliphatic heterocycles. The van der Waals surface area contributed by atoms with Gasteiger partial charge in [0.15, 0.2) is 0 Å². The molecule has 1 heterocycles. The minimum absolute atomic E-state index is 0.0214. The van der Waals surface area contributed by atoms with E-state index in [0.29, 0.717) is 24.7 Å². The van der Waals surface area contributed by atoms with Gasteiger partial charge in [-0.05, 0) is 50.4 Å². The van der Waals surface area contributed by atoms with Gasteiger partial charge in [0.2, 0.25) is 11.8 Å². The van der Waals surface area contributed by atoms with E-state index in [9.17, 15) is 14.4 Å². The van der Waals surface area contributed by atoms with E-state index in [-0.39, 0.29) is 11.9 Å². The first-order chi connectivity index (χ1) is 9.55. The first-order valence-corrected chi connectivity index (χ1v) is 7.74. The molecule has 20 heavy (non-hydrogen) atoms. The normalized spacial score (nSPS) is 26.1. The second-order valence-corrected chi connectivity index (χ2v) is 6.39. The van der Waals surface area contributed by atoms with Crippen LogP contribution in [0, 0.1) is 17.3 Å². The number of hydrogen-bond acceptors (Lipinski definition) is 3. The zero-order chi connectivity index (χ0) is 14.5. The molecule has 0 aromatic carbocycles. The van der Waals surface area contributed by atoms with E-state index >= 15 is 0 Å². The van der Waals surface area contributed by atoms with Gasteiger partial charge in [0.1, 0.15) is 5.41 Å². The summed E-state index contributed by atoms with van der Waals surface area (Å²) in [6, 6.07) is -0.477. The van der Waals surface area contributed by atoms with Crippen molar-refractivity contribution in [2.75, 3.05) is 0 Å². The minimum Gasteiger partial charge on any atom is -0.277 e. The molecule has 4 amide bonds. The largest absolute Gasteiger partial charge is 0.331 e. The van der Waals surface area contributed by atoms with Gasteiger partial charge in [-0.15, -0.1) is 0 Å². The maximum Gasteiger partial charge on any atom is 0.331 e. The van der Waals surface area contributed by atoms with Crippen LogP contribution in [0.25, 0.3) is 0 Å². The van der Waals surface area contributed by atoms with Crippen molar-refractivity contribution in [1.29, 1.82) is 0 Å². The van der Waals surface area contributed by atoms with Crippen LogP contribution in [-0.2, 0) is 9.59 Å². The number of hydrogen-bond donors (Lipinski definition) is 1. The predicted molar refractivity (Wildman–Crippen MR) is 72.6 cm³/mol. The zero-order valence-electron chi connectivity index (χ0n) is 12.1. The molecule has 2 saturated carbocycles. The van der Waals surface area contributed by atoms with Crippen molar-refractivity contribution < 1.29 is 14.4 Å². The molecule has 0 radical (unpaired) electrons. The lowest BCUT2D eigenvalue weighted by atomic mass is 9.78. The summed E-state index contributed by atoms with van der Waals surface area (Å²) >= 11 is 0. The van der Waals surface area contributed by atoms with Crippen LogP contribution in [0.4, 0.5) is 4.79 Å². The Morgan fingerprint density at radius 2 is 1.60 bits per heavy atom. The van der Waals surface area contributed by atoms with Gasteiger partial charge in [0.25, 0.3) is 0 Å². The summed E-state index contributed by atoms with van der Waals surface area (Å²) in [7, 11) is 0. The summed E-state index contributed by atoms with van der Waals surface area (Å²) in [4.78, 5) is 38.7. The lowest BCUT2D eigenvalue weighted by Crippen LogP contribution is -2.66. The van der Waals surface area contributed by atoms with Gasteiger partial charge < -0.3 is 0 Å². The van der Waals surface area contributed by atoms with Crippen LogP contribution >= 0.6 is 0 Å². The van der Waals surface area contributed by atoms with Crippen molar-refractivity contribution >= 4 is 17.8 Å². The number of barbiturate groups is 1. The lowest BCUT2D eigenvalue weighted by Gasteiger charge is -2.42. The van der Waals surface area contributed by atoms with Crippen molar-refractivity contribution in [2.24, 2.45) is 17.3 Å². The van der Waals surface area contributed by atoms with Gasteiger partial charge in [0, 0.05) is 6.04 Å². The minimum atomic E-state index is -1.05. The third-order valence-corrected chi connectivity index (χ3v) is 5.22. The highest BCUT2D eigenvalue weighted by atomic mass is 16.2. The SMILES string of the molecule is CCC1(CC)C(=O)NC(=O)N(C(C2CC2)C2CC2)C1=O. The van der Waals surface area contributed by atoms with Crippen LogP contribution < -0.4 is 5.32 Å². The lowest BCUT2D eigenvalue weighted by molar-refractivity contribution is -0.154. The molecule has 0 aromatic heterocycles. The number of carbonyl (C=O) groups excluding carboxylic acids is 3. The van der Waals surface area contributed by atoms with Gasteiger partial charge in [0.05, 0.1) is 0 Å². The van der Waals surface area contributed by atoms with Crippen molar-refractivity contribution in [3.05, 3.63) is 0 Å². The Morgan fingerprint density at radius 3 is 2.00 bits per heavy atom. The van der Waals surface area contributed by atoms with Crippen LogP contribution in [0.1, 0.15) is 52.4 Å². The molecule has 0 unspecified atom stereocenters. The van der Waals surface area contributed by atoms with E-state index in [2.05, 4.69) is 5.32 Å². The standard InChI is InChI=1S/C15H22N2O3/c1-3-15(4-2)12(18)16-14(20)17(13(15)19)11(9-5-6-9)10-7-8-10/h9-11H,3-8H2,1-2H3,(H,16,18,20). The van der Waals surface area contributed by atoms with Crippen LogP contribution in [0.5, 0.6) is 0 Å². The molecule has 3 fully saturated rings. The number of imide groups is 2. The van der Waals surface area contributed by atoms with Crippen molar-refractivity contribution in [1.82, 2.24) is 10.2 Å². The molecule has 5 heteroatoms. The maximum atomic E-state index is 12.9. The molecule has 0 aromatic rings. The Bertz CT molecular complexity index is 450. The molecule has 0 bridgehead atoms. The van der Waals surface area contributed by atoms with Crippen molar-refractivity contribution in [3.8, 4) is 0 Å². The topological polar surface area (TPSA) is 66.5 Å². The summed E-state index contributed by atoms with van der Waals surface area (Å²) < 4.78 is 0. The highest BCUT2D eigenvalue weighted by Gasteiger charge is 2.57. The fourth-order valence-electron chi connectivity index (χ4n) is 3.52. The van der Waals surface area contributed by atoms with E-state index < -0.39 is 17.4 Å². The molecular weight excluding hydrogens is 256 g/mol. The number of carbonyl (C=O) groups is 3. The Kier molecular flexibility index (Phi) is 3.10. The monoisotopic (exact) mass is 278 g/mol. The Hall–Kier alpha value is -1.39. The second-order valence-electron chi connectivity index (χ2n) is 6.39. The number of rotatable bonds is 5. The van der Waals surface area contributed by atoms with Gasteiger partial charge in [-0.1, -0.05) is 13.8 Å². The van der Waals surface area contributed by atoms with Gasteiger partial charge >= 0.3 is 6.03 Å². The number of nitrogens with zero attached hydrogens (tertiary/aromatic N) is 1. The van der Waals surface area contributed by atoms with Crippen LogP contribution in [0.2, 0.25) is 0 Å². The average molecular weight is 278 g/mol. The molecule has 0 atom stereocenters. The zero-order valence-corrected chi connectivity index (χ0v) is 12.1. The maximum absolute atomic E-state index is 12.9. The van der Waals surface area contributed by atoms with E-state index in [0.717, 1.165) is 25.7 Å². The molecular formula is C15H22N2O3. The number of urea groups is 1. The first-order valence-electron chi connectivity index (χ1n) is 7.74. The van der Waals surface area contributed by atoms with Gasteiger partial charge in [-0.2, -0.15) is 0 Å². The summed E-state index contributed by atoms with van der Waals surface area (Å²) in [5.41, 5.74) is -1.05. The summed E-state index contributed by atoms with van der Waals surface area (Å²) in [6.07, 6.45) is 5.27. The third-order valence-electron chi connectivity index (χ3n) is 5.22. The predicted octanol–water partition coefficient (Wildman–Crippen LogP) is 2.06. The first kappa shape index (κ1) is 13.6. The molecule has 3 aliphatic rings. The Balaban J connectivity index is 1.94. The Morgan fingerprint density at radius 1 is 1.10 bits per heavy atom. The van der Waals surface area contributed by atoms with Gasteiger partial charge in [-0.25, -0.2) is 4.79 Å². The fourth-order valence-corrected chi connectivity index (χ4v) is 3.52. The van der Waals surface area contributed by atoms with Crippen LogP contribution in [0.3, 0.4) is 0 Å². The number of amides is 4. The third kappa shape index (κ3) is 1.86. The number of nitrogens with one attached hydrogen (secondary N) is 1. The highest BCUT2D eigenvalue weighted by Crippen LogP contribution is 2.49. The van der Waals surface area contributed by atoms with E-state index in [1.807, 2.05) is 13.8 Å². The van der Waals surface area contributed by atoms with Crippen molar-refractivity contribution in [2.45, 2.75) is 58.4 Å². The van der Waals surface area contributed by atoms with Gasteiger partial charge in [-0.3, -0.25) is 19.8 Å². The molecule has 5 nitrogen and oxygen atoms in total. The molecule has 110 valence electrons. The average Bonchev–Trinajstić information content (AvgIpc) is 3.28. The van der Waals surface area contributed by atoms with E-state index in [1.165, 1.54) is 4.90 Å². The van der Waals surface area contributed by atoms with Crippen LogP contribution in [0.15, 0.2) is 0 Å². The summed E-state index contributed by atoms with van der Waals surface area (Å²) in [5, 5.41) is 2.43. The second kappa shape index (κ2) is 4.57. The molecule has 3 rings (SSSR count). The van der Waals surface area contributed by atoms with E-state index in [1.54, 1.807) is 0 Å². The fraction of sp³-hybridized carbons (Fsp3) is 0.800. The molecule has 1 saturated heterocycles. The summed E-state index contributed by atoms with van der Waals surface area (Å²) in [5.74, 6) is 0.229. The van der Waals surface area contributed by atoms with E-state index in [4.69, 9.17) is 0 Å². The van der Waals surface area contributed by atoms with Crippen LogP contribution in [-0.4, -0.2) is 28.8 Å². The summed E-state index contributed by atoms with van der Waals surface area (Å²) in [6.45, 7) is 3.69. The Labute approximate surface area is 119 Å². The molecule has 2 aliphatic carbocycles. The smallest absolute Gasteiger partial charge is 0.277 e. The highest BCUT2D eigenvalue weighted by molar-refractivity contribution is 6.19. The quantitative estimate of drug-likeness (QED) is 0.783. The molecule has 1 N–H and O–H groups in total.